The maximum absolute atomic E-state index is 8.36. The smallest absolute Gasteiger partial charge is 0.290 e. The predicted octanol–water partition coefficient (Wildman–Crippen LogP) is 3.39. The zero-order chi connectivity index (χ0) is 21.5. The first-order valence-electron chi connectivity index (χ1n) is 9.65. The van der Waals surface area contributed by atoms with Crippen molar-refractivity contribution in [3.63, 3.8) is 0 Å². The number of benzene rings is 1. The summed E-state index contributed by atoms with van der Waals surface area (Å²) in [6.45, 7) is 4.93. The number of H-pyrrole nitrogens is 1. The third kappa shape index (κ3) is 5.41. The Morgan fingerprint density at radius 1 is 1.30 bits per heavy atom. The van der Waals surface area contributed by atoms with E-state index < -0.39 is 0 Å². The molecule has 0 saturated carbocycles. The summed E-state index contributed by atoms with van der Waals surface area (Å²) in [6, 6.07) is 6.18. The molecule has 1 aromatic carbocycles. The number of nitrogen functional groups attached to an aromatic ring is 1. The molecule has 0 aliphatic heterocycles. The van der Waals surface area contributed by atoms with E-state index in [2.05, 4.69) is 40.9 Å². The molecule has 0 radical (unpaired) electrons. The van der Waals surface area contributed by atoms with Crippen LogP contribution in [0.3, 0.4) is 0 Å². The summed E-state index contributed by atoms with van der Waals surface area (Å²) in [4.78, 5) is 24.8. The van der Waals surface area contributed by atoms with Crippen molar-refractivity contribution in [3.8, 4) is 11.4 Å². The normalized spacial score (nSPS) is 10.9. The van der Waals surface area contributed by atoms with Crippen LogP contribution in [-0.4, -0.2) is 41.3 Å². The molecule has 0 bridgehead atoms. The number of aryl methyl sites for hydroxylation is 3. The molecule has 0 spiro atoms. The largest absolute Gasteiger partial charge is 0.483 e. The summed E-state index contributed by atoms with van der Waals surface area (Å²) < 4.78 is 3.08. The molecule has 0 aliphatic carbocycles. The van der Waals surface area contributed by atoms with Crippen molar-refractivity contribution in [2.45, 2.75) is 39.7 Å². The molecule has 0 amide bonds. The summed E-state index contributed by atoms with van der Waals surface area (Å²) in [7, 11) is 0. The lowest BCUT2D eigenvalue weighted by molar-refractivity contribution is -0.122. The lowest BCUT2D eigenvalue weighted by Gasteiger charge is -2.05. The van der Waals surface area contributed by atoms with Gasteiger partial charge in [-0.3, -0.25) is 4.79 Å². The standard InChI is InChI=1S/C19H23N7S.CH2O2/c1-12(2)3-6-17-24-18(26(25-17)8-7-14-10-21-11-22-14)13-4-5-16-15(9-13)23-19(20)27-16;2-1-3/h4-5,9-12H,3,6-8H2,1-2H3,(H2,20,23)(H,21,22);1H,(H,2,3). The highest BCUT2D eigenvalue weighted by molar-refractivity contribution is 7.22. The van der Waals surface area contributed by atoms with Crippen LogP contribution >= 0.6 is 11.3 Å². The maximum atomic E-state index is 8.36. The number of nitrogens with zero attached hydrogens (tertiary/aromatic N) is 5. The minimum absolute atomic E-state index is 0.250. The summed E-state index contributed by atoms with van der Waals surface area (Å²) >= 11 is 1.50. The van der Waals surface area contributed by atoms with Crippen molar-refractivity contribution in [1.82, 2.24) is 29.7 Å². The molecule has 4 N–H and O–H groups in total. The molecule has 0 aliphatic rings. The Hall–Kier alpha value is -3.27. The van der Waals surface area contributed by atoms with Crippen molar-refractivity contribution in [1.29, 1.82) is 0 Å². The number of aromatic nitrogens is 6. The minimum atomic E-state index is -0.250. The molecule has 4 aromatic rings. The van der Waals surface area contributed by atoms with Gasteiger partial charge >= 0.3 is 0 Å². The number of thiazole rings is 1. The van der Waals surface area contributed by atoms with Crippen LogP contribution in [0.1, 0.15) is 31.8 Å². The first-order valence-corrected chi connectivity index (χ1v) is 10.5. The van der Waals surface area contributed by atoms with E-state index in [4.69, 9.17) is 25.7 Å². The van der Waals surface area contributed by atoms with Gasteiger partial charge in [0.05, 0.1) is 16.5 Å². The number of hydrogen-bond acceptors (Lipinski definition) is 7. The summed E-state index contributed by atoms with van der Waals surface area (Å²) in [5, 5.41) is 12.2. The highest BCUT2D eigenvalue weighted by atomic mass is 32.1. The van der Waals surface area contributed by atoms with Crippen LogP contribution in [0.25, 0.3) is 21.6 Å². The molecule has 0 unspecified atom stereocenters. The number of carboxylic acid groups (broad SMARTS) is 1. The molecule has 0 atom stereocenters. The van der Waals surface area contributed by atoms with Crippen molar-refractivity contribution in [2.75, 3.05) is 5.73 Å². The first kappa shape index (κ1) is 21.4. The number of nitrogens with one attached hydrogen (secondary N) is 1. The number of anilines is 1. The molecular formula is C20H25N7O2S. The van der Waals surface area contributed by atoms with Crippen LogP contribution in [-0.2, 0) is 24.2 Å². The second-order valence-electron chi connectivity index (χ2n) is 7.17. The van der Waals surface area contributed by atoms with Gasteiger partial charge in [-0.05, 0) is 30.5 Å². The van der Waals surface area contributed by atoms with Crippen LogP contribution < -0.4 is 5.73 Å². The van der Waals surface area contributed by atoms with Crippen LogP contribution in [0.4, 0.5) is 5.13 Å². The molecule has 4 rings (SSSR count). The summed E-state index contributed by atoms with van der Waals surface area (Å²) in [6.07, 6.45) is 6.33. The Kier molecular flexibility index (Phi) is 7.12. The molecule has 3 aromatic heterocycles. The summed E-state index contributed by atoms with van der Waals surface area (Å²) in [5.41, 5.74) is 8.85. The van der Waals surface area contributed by atoms with E-state index in [1.807, 2.05) is 16.9 Å². The van der Waals surface area contributed by atoms with E-state index in [1.165, 1.54) is 11.3 Å². The lowest BCUT2D eigenvalue weighted by Crippen LogP contribution is -2.06. The van der Waals surface area contributed by atoms with Crippen molar-refractivity contribution in [2.24, 2.45) is 5.92 Å². The Morgan fingerprint density at radius 3 is 2.80 bits per heavy atom. The number of imidazole rings is 1. The van der Waals surface area contributed by atoms with Crippen LogP contribution in [0.2, 0.25) is 0 Å². The molecule has 158 valence electrons. The average Bonchev–Trinajstić information content (AvgIpc) is 3.43. The Labute approximate surface area is 178 Å². The molecular weight excluding hydrogens is 402 g/mol. The van der Waals surface area contributed by atoms with E-state index in [0.29, 0.717) is 11.0 Å². The highest BCUT2D eigenvalue weighted by Crippen LogP contribution is 2.28. The molecule has 3 heterocycles. The average molecular weight is 428 g/mol. The second kappa shape index (κ2) is 9.97. The number of fused-ring (bicyclic) bond motifs is 1. The fraction of sp³-hybridized carbons (Fsp3) is 0.350. The van der Waals surface area contributed by atoms with E-state index in [9.17, 15) is 0 Å². The van der Waals surface area contributed by atoms with Gasteiger partial charge in [-0.15, -0.1) is 0 Å². The van der Waals surface area contributed by atoms with Gasteiger partial charge in [0, 0.05) is 36.8 Å². The van der Waals surface area contributed by atoms with Gasteiger partial charge in [0.2, 0.25) is 0 Å². The van der Waals surface area contributed by atoms with Crippen LogP contribution in [0, 0.1) is 5.92 Å². The van der Waals surface area contributed by atoms with E-state index in [1.54, 1.807) is 6.33 Å². The topological polar surface area (TPSA) is 136 Å². The van der Waals surface area contributed by atoms with Gasteiger partial charge in [0.15, 0.2) is 16.8 Å². The van der Waals surface area contributed by atoms with Crippen molar-refractivity contribution < 1.29 is 9.90 Å². The SMILES string of the molecule is CC(C)CCc1nc(-c2ccc3sc(N)nc3c2)n(CCc2cnc[nH]2)n1.O=CO. The first-order chi connectivity index (χ1) is 14.5. The third-order valence-corrected chi connectivity index (χ3v) is 5.34. The van der Waals surface area contributed by atoms with Crippen LogP contribution in [0.5, 0.6) is 0 Å². The van der Waals surface area contributed by atoms with E-state index in [0.717, 1.165) is 58.9 Å². The summed E-state index contributed by atoms with van der Waals surface area (Å²) in [5.74, 6) is 2.39. The van der Waals surface area contributed by atoms with Gasteiger partial charge in [0.25, 0.3) is 6.47 Å². The third-order valence-electron chi connectivity index (χ3n) is 4.47. The number of carbonyl (C=O) groups is 1. The van der Waals surface area contributed by atoms with Gasteiger partial charge in [-0.25, -0.2) is 19.6 Å². The number of rotatable bonds is 7. The quantitative estimate of drug-likeness (QED) is 0.385. The zero-order valence-electron chi connectivity index (χ0n) is 16.9. The second-order valence-corrected chi connectivity index (χ2v) is 8.24. The fourth-order valence-electron chi connectivity index (χ4n) is 3.01. The lowest BCUT2D eigenvalue weighted by atomic mass is 10.1. The predicted molar refractivity (Wildman–Crippen MR) is 117 cm³/mol. The van der Waals surface area contributed by atoms with Crippen LogP contribution in [0.15, 0.2) is 30.7 Å². The molecule has 9 nitrogen and oxygen atoms in total. The van der Waals surface area contributed by atoms with E-state index >= 15 is 0 Å². The molecule has 30 heavy (non-hydrogen) atoms. The Balaban J connectivity index is 0.000000806. The zero-order valence-corrected chi connectivity index (χ0v) is 17.8. The highest BCUT2D eigenvalue weighted by Gasteiger charge is 2.14. The van der Waals surface area contributed by atoms with Gasteiger partial charge in [0.1, 0.15) is 0 Å². The molecule has 0 fully saturated rings. The van der Waals surface area contributed by atoms with Crippen molar-refractivity contribution >= 4 is 33.2 Å². The van der Waals surface area contributed by atoms with Gasteiger partial charge in [-0.1, -0.05) is 25.2 Å². The van der Waals surface area contributed by atoms with Gasteiger partial charge in [-0.2, -0.15) is 5.10 Å². The number of aromatic amines is 1. The van der Waals surface area contributed by atoms with E-state index in [-0.39, 0.29) is 6.47 Å². The molecule has 10 heteroatoms. The van der Waals surface area contributed by atoms with Gasteiger partial charge < -0.3 is 15.8 Å². The molecule has 0 saturated heterocycles. The Morgan fingerprint density at radius 2 is 2.10 bits per heavy atom. The number of nitrogens with two attached hydrogens (primary N) is 1. The Bertz CT molecular complexity index is 1090. The fourth-order valence-corrected chi connectivity index (χ4v) is 3.73. The monoisotopic (exact) mass is 427 g/mol. The van der Waals surface area contributed by atoms with Crippen molar-refractivity contribution in [3.05, 3.63) is 42.2 Å². The number of hydrogen-bond donors (Lipinski definition) is 3. The minimum Gasteiger partial charge on any atom is -0.483 e. The maximum Gasteiger partial charge on any atom is 0.290 e.